The smallest absolute Gasteiger partial charge is 0.225 e. The summed E-state index contributed by atoms with van der Waals surface area (Å²) in [6.07, 6.45) is 4.54. The van der Waals surface area contributed by atoms with Crippen molar-refractivity contribution in [3.05, 3.63) is 54.4 Å². The van der Waals surface area contributed by atoms with Crippen LogP contribution in [0.1, 0.15) is 25.8 Å². The Kier molecular flexibility index (Phi) is 5.68. The predicted octanol–water partition coefficient (Wildman–Crippen LogP) is 3.98. The van der Waals surface area contributed by atoms with Crippen LogP contribution in [-0.4, -0.2) is 39.8 Å². The van der Waals surface area contributed by atoms with E-state index in [1.165, 1.54) is 0 Å². The van der Waals surface area contributed by atoms with Crippen molar-refractivity contribution in [2.75, 3.05) is 25.0 Å². The molecule has 5 nitrogen and oxygen atoms in total. The van der Waals surface area contributed by atoms with Crippen molar-refractivity contribution in [1.29, 1.82) is 0 Å². The molecule has 0 atom stereocenters. The average molecular weight is 350 g/mol. The van der Waals surface area contributed by atoms with Crippen molar-refractivity contribution in [1.82, 2.24) is 14.3 Å². The maximum absolute atomic E-state index is 12.1. The molecule has 0 unspecified atom stereocenters. The SMILES string of the molecule is CCN(CC)CCC(=O)Nc1ccc(-c2cn3cccc(C)c3n2)cc1. The number of benzene rings is 1. The Labute approximate surface area is 154 Å². The monoisotopic (exact) mass is 350 g/mol. The van der Waals surface area contributed by atoms with Crippen LogP contribution in [0.3, 0.4) is 0 Å². The minimum absolute atomic E-state index is 0.0491. The first-order chi connectivity index (χ1) is 12.6. The molecule has 0 saturated heterocycles. The van der Waals surface area contributed by atoms with Crippen molar-refractivity contribution in [3.63, 3.8) is 0 Å². The molecule has 2 heterocycles. The number of pyridine rings is 1. The quantitative estimate of drug-likeness (QED) is 0.701. The molecule has 0 aliphatic carbocycles. The highest BCUT2D eigenvalue weighted by Crippen LogP contribution is 2.22. The van der Waals surface area contributed by atoms with Gasteiger partial charge in [-0.15, -0.1) is 0 Å². The topological polar surface area (TPSA) is 49.6 Å². The lowest BCUT2D eigenvalue weighted by atomic mass is 10.1. The second-order valence-electron chi connectivity index (χ2n) is 6.45. The molecule has 2 aromatic heterocycles. The number of amides is 1. The summed E-state index contributed by atoms with van der Waals surface area (Å²) in [7, 11) is 0. The van der Waals surface area contributed by atoms with Gasteiger partial charge in [0.25, 0.3) is 0 Å². The minimum Gasteiger partial charge on any atom is -0.326 e. The summed E-state index contributed by atoms with van der Waals surface area (Å²) < 4.78 is 2.04. The van der Waals surface area contributed by atoms with Gasteiger partial charge in [0.15, 0.2) is 0 Å². The molecule has 5 heteroatoms. The molecule has 1 amide bonds. The number of nitrogens with one attached hydrogen (secondary N) is 1. The summed E-state index contributed by atoms with van der Waals surface area (Å²) in [5.41, 5.74) is 4.90. The van der Waals surface area contributed by atoms with E-state index in [-0.39, 0.29) is 5.91 Å². The van der Waals surface area contributed by atoms with Crippen molar-refractivity contribution >= 4 is 17.2 Å². The fourth-order valence-corrected chi connectivity index (χ4v) is 3.04. The number of rotatable bonds is 7. The van der Waals surface area contributed by atoms with Crippen LogP contribution >= 0.6 is 0 Å². The fourth-order valence-electron chi connectivity index (χ4n) is 3.04. The van der Waals surface area contributed by atoms with Gasteiger partial charge in [-0.1, -0.05) is 32.0 Å². The highest BCUT2D eigenvalue weighted by atomic mass is 16.1. The average Bonchev–Trinajstić information content (AvgIpc) is 3.09. The number of imidazole rings is 1. The Bertz CT molecular complexity index is 879. The Hall–Kier alpha value is -2.66. The van der Waals surface area contributed by atoms with E-state index in [1.54, 1.807) is 0 Å². The third-order valence-corrected chi connectivity index (χ3v) is 4.69. The van der Waals surface area contributed by atoms with Gasteiger partial charge in [-0.2, -0.15) is 0 Å². The third-order valence-electron chi connectivity index (χ3n) is 4.69. The number of aryl methyl sites for hydroxylation is 1. The number of anilines is 1. The van der Waals surface area contributed by atoms with E-state index in [1.807, 2.05) is 47.1 Å². The number of nitrogens with zero attached hydrogens (tertiary/aromatic N) is 3. The molecule has 0 aliphatic heterocycles. The molecule has 1 N–H and O–H groups in total. The van der Waals surface area contributed by atoms with Crippen LogP contribution in [0.2, 0.25) is 0 Å². The molecule has 0 spiro atoms. The predicted molar refractivity (Wildman–Crippen MR) is 106 cm³/mol. The fraction of sp³-hybridized carbons (Fsp3) is 0.333. The van der Waals surface area contributed by atoms with E-state index < -0.39 is 0 Å². The molecule has 0 saturated carbocycles. The van der Waals surface area contributed by atoms with E-state index in [2.05, 4.69) is 37.1 Å². The molecular weight excluding hydrogens is 324 g/mol. The van der Waals surface area contributed by atoms with Crippen molar-refractivity contribution < 1.29 is 4.79 Å². The maximum atomic E-state index is 12.1. The molecule has 3 aromatic rings. The van der Waals surface area contributed by atoms with Crippen LogP contribution in [0.5, 0.6) is 0 Å². The standard InChI is InChI=1S/C21H26N4O/c1-4-24(5-2)14-12-20(26)22-18-10-8-17(9-11-18)19-15-25-13-6-7-16(3)21(25)23-19/h6-11,13,15H,4-5,12,14H2,1-3H3,(H,22,26). The number of hydrogen-bond acceptors (Lipinski definition) is 3. The second kappa shape index (κ2) is 8.15. The van der Waals surface area contributed by atoms with Gasteiger partial charge >= 0.3 is 0 Å². The maximum Gasteiger partial charge on any atom is 0.225 e. The Morgan fingerprint density at radius 3 is 2.54 bits per heavy atom. The molecule has 0 radical (unpaired) electrons. The van der Waals surface area contributed by atoms with Crippen LogP contribution in [0.4, 0.5) is 5.69 Å². The van der Waals surface area contributed by atoms with Crippen LogP contribution in [0, 0.1) is 6.92 Å². The summed E-state index contributed by atoms with van der Waals surface area (Å²) in [5, 5.41) is 2.97. The van der Waals surface area contributed by atoms with Gasteiger partial charge in [0.1, 0.15) is 5.65 Å². The first kappa shape index (κ1) is 18.1. The lowest BCUT2D eigenvalue weighted by Crippen LogP contribution is -2.27. The number of aromatic nitrogens is 2. The summed E-state index contributed by atoms with van der Waals surface area (Å²) >= 11 is 0. The molecule has 0 aliphatic rings. The van der Waals surface area contributed by atoms with Gasteiger partial charge in [-0.3, -0.25) is 4.79 Å². The largest absolute Gasteiger partial charge is 0.326 e. The van der Waals surface area contributed by atoms with Gasteiger partial charge in [0.2, 0.25) is 5.91 Å². The highest BCUT2D eigenvalue weighted by Gasteiger charge is 2.08. The zero-order valence-corrected chi connectivity index (χ0v) is 15.7. The Morgan fingerprint density at radius 2 is 1.88 bits per heavy atom. The van der Waals surface area contributed by atoms with Gasteiger partial charge < -0.3 is 14.6 Å². The van der Waals surface area contributed by atoms with Crippen LogP contribution in [-0.2, 0) is 4.79 Å². The summed E-state index contributed by atoms with van der Waals surface area (Å²) in [6.45, 7) is 9.01. The van der Waals surface area contributed by atoms with Crippen LogP contribution in [0.15, 0.2) is 48.8 Å². The summed E-state index contributed by atoms with van der Waals surface area (Å²) in [6, 6.07) is 11.9. The van der Waals surface area contributed by atoms with Crippen LogP contribution in [0.25, 0.3) is 16.9 Å². The Balaban J connectivity index is 1.66. The second-order valence-corrected chi connectivity index (χ2v) is 6.45. The Morgan fingerprint density at radius 1 is 1.15 bits per heavy atom. The number of carbonyl (C=O) groups excluding carboxylic acids is 1. The normalized spacial score (nSPS) is 11.2. The van der Waals surface area contributed by atoms with E-state index >= 15 is 0 Å². The molecule has 0 bridgehead atoms. The summed E-state index contributed by atoms with van der Waals surface area (Å²) in [4.78, 5) is 19.1. The molecule has 26 heavy (non-hydrogen) atoms. The van der Waals surface area contributed by atoms with E-state index in [0.717, 1.165) is 47.8 Å². The van der Waals surface area contributed by atoms with E-state index in [9.17, 15) is 4.79 Å². The van der Waals surface area contributed by atoms with Crippen molar-refractivity contribution in [2.45, 2.75) is 27.2 Å². The number of fused-ring (bicyclic) bond motifs is 1. The van der Waals surface area contributed by atoms with Gasteiger partial charge in [-0.05, 0) is 43.8 Å². The van der Waals surface area contributed by atoms with Gasteiger partial charge in [-0.25, -0.2) is 4.98 Å². The first-order valence-corrected chi connectivity index (χ1v) is 9.17. The number of hydrogen-bond donors (Lipinski definition) is 1. The zero-order chi connectivity index (χ0) is 18.5. The van der Waals surface area contributed by atoms with Gasteiger partial charge in [0, 0.05) is 36.6 Å². The molecule has 1 aromatic carbocycles. The molecule has 0 fully saturated rings. The number of carbonyl (C=O) groups is 1. The summed E-state index contributed by atoms with van der Waals surface area (Å²) in [5.74, 6) is 0.0491. The highest BCUT2D eigenvalue weighted by molar-refractivity contribution is 5.91. The lowest BCUT2D eigenvalue weighted by Gasteiger charge is -2.17. The zero-order valence-electron chi connectivity index (χ0n) is 15.7. The molecular formula is C21H26N4O. The molecule has 136 valence electrons. The third kappa shape index (κ3) is 4.11. The minimum atomic E-state index is 0.0491. The van der Waals surface area contributed by atoms with Gasteiger partial charge in [0.05, 0.1) is 5.69 Å². The first-order valence-electron chi connectivity index (χ1n) is 9.17. The van der Waals surface area contributed by atoms with Crippen LogP contribution < -0.4 is 5.32 Å². The lowest BCUT2D eigenvalue weighted by molar-refractivity contribution is -0.116. The van der Waals surface area contributed by atoms with Crippen molar-refractivity contribution in [3.8, 4) is 11.3 Å². The molecule has 3 rings (SSSR count). The van der Waals surface area contributed by atoms with Crippen molar-refractivity contribution in [2.24, 2.45) is 0 Å². The van der Waals surface area contributed by atoms with E-state index in [0.29, 0.717) is 6.42 Å². The van der Waals surface area contributed by atoms with E-state index in [4.69, 9.17) is 4.98 Å².